The molecule has 0 aromatic rings. The van der Waals surface area contributed by atoms with E-state index in [4.69, 9.17) is 9.84 Å². The Labute approximate surface area is 124 Å². The quantitative estimate of drug-likeness (QED) is 0.719. The number of amides is 2. The van der Waals surface area contributed by atoms with Gasteiger partial charge in [0, 0.05) is 13.1 Å². The molecule has 1 saturated heterocycles. The Bertz CT molecular complexity index is 386. The van der Waals surface area contributed by atoms with E-state index in [0.29, 0.717) is 38.8 Å². The van der Waals surface area contributed by atoms with Gasteiger partial charge in [-0.1, -0.05) is 13.3 Å². The number of urea groups is 1. The summed E-state index contributed by atoms with van der Waals surface area (Å²) in [6, 6.07) is -1.31. The van der Waals surface area contributed by atoms with Crippen LogP contribution in [0.3, 0.4) is 0 Å². The number of carboxylic acids is 1. The van der Waals surface area contributed by atoms with E-state index in [1.807, 2.05) is 6.92 Å². The molecule has 7 nitrogen and oxygen atoms in total. The minimum absolute atomic E-state index is 0.281. The van der Waals surface area contributed by atoms with Crippen LogP contribution >= 0.6 is 0 Å². The SMILES string of the molecule is CCC[C@H](NC(=O)N1CCCC(C(=O)OCC)C1)C(=O)O. The third kappa shape index (κ3) is 5.24. The first-order valence-electron chi connectivity index (χ1n) is 7.44. The molecule has 120 valence electrons. The van der Waals surface area contributed by atoms with Crippen LogP contribution in [0.4, 0.5) is 4.79 Å². The van der Waals surface area contributed by atoms with E-state index in [0.717, 1.165) is 0 Å². The number of rotatable bonds is 6. The average Bonchev–Trinajstić information content (AvgIpc) is 2.47. The van der Waals surface area contributed by atoms with E-state index in [1.54, 1.807) is 6.92 Å². The summed E-state index contributed by atoms with van der Waals surface area (Å²) in [6.07, 6.45) is 2.46. The molecule has 0 aromatic heterocycles. The van der Waals surface area contributed by atoms with Crippen molar-refractivity contribution in [2.75, 3.05) is 19.7 Å². The predicted molar refractivity (Wildman–Crippen MR) is 75.8 cm³/mol. The first kappa shape index (κ1) is 17.3. The first-order chi connectivity index (χ1) is 9.99. The van der Waals surface area contributed by atoms with Gasteiger partial charge in [0.2, 0.25) is 0 Å². The second-order valence-corrected chi connectivity index (χ2v) is 5.17. The molecular formula is C14H24N2O5. The fourth-order valence-electron chi connectivity index (χ4n) is 2.40. The van der Waals surface area contributed by atoms with Gasteiger partial charge in [0.25, 0.3) is 0 Å². The van der Waals surface area contributed by atoms with Crippen LogP contribution in [0.15, 0.2) is 0 Å². The van der Waals surface area contributed by atoms with Crippen molar-refractivity contribution in [2.45, 2.75) is 45.6 Å². The lowest BCUT2D eigenvalue weighted by Crippen LogP contribution is -2.51. The Morgan fingerprint density at radius 1 is 1.38 bits per heavy atom. The van der Waals surface area contributed by atoms with Crippen LogP contribution in [0.1, 0.15) is 39.5 Å². The number of carboxylic acid groups (broad SMARTS) is 1. The zero-order valence-electron chi connectivity index (χ0n) is 12.6. The van der Waals surface area contributed by atoms with Crippen molar-refractivity contribution >= 4 is 18.0 Å². The molecule has 1 rings (SSSR count). The summed E-state index contributed by atoms with van der Waals surface area (Å²) < 4.78 is 4.98. The largest absolute Gasteiger partial charge is 0.480 e. The van der Waals surface area contributed by atoms with E-state index in [-0.39, 0.29) is 18.4 Å². The van der Waals surface area contributed by atoms with Crippen molar-refractivity contribution in [1.82, 2.24) is 10.2 Å². The van der Waals surface area contributed by atoms with E-state index >= 15 is 0 Å². The van der Waals surface area contributed by atoms with Crippen molar-refractivity contribution in [3.63, 3.8) is 0 Å². The normalized spacial score (nSPS) is 19.7. The molecule has 1 unspecified atom stereocenters. The summed E-state index contributed by atoms with van der Waals surface area (Å²) in [5, 5.41) is 11.6. The zero-order chi connectivity index (χ0) is 15.8. The lowest BCUT2D eigenvalue weighted by atomic mass is 9.98. The van der Waals surface area contributed by atoms with Crippen LogP contribution < -0.4 is 5.32 Å². The molecule has 0 saturated carbocycles. The Morgan fingerprint density at radius 2 is 2.10 bits per heavy atom. The molecule has 1 aliphatic rings. The van der Waals surface area contributed by atoms with Crippen molar-refractivity contribution in [2.24, 2.45) is 5.92 Å². The van der Waals surface area contributed by atoms with Gasteiger partial charge >= 0.3 is 18.0 Å². The minimum atomic E-state index is -1.04. The standard InChI is InChI=1S/C14H24N2O5/c1-3-6-11(12(17)18)15-14(20)16-8-5-7-10(9-16)13(19)21-4-2/h10-11H,3-9H2,1-2H3,(H,15,20)(H,17,18)/t10?,11-/m0/s1. The van der Waals surface area contributed by atoms with Crippen LogP contribution in [-0.4, -0.2) is 53.7 Å². The number of piperidine rings is 1. The summed E-state index contributed by atoms with van der Waals surface area (Å²) in [4.78, 5) is 36.4. The van der Waals surface area contributed by atoms with Gasteiger partial charge in [-0.05, 0) is 26.2 Å². The number of hydrogen-bond acceptors (Lipinski definition) is 4. The average molecular weight is 300 g/mol. The smallest absolute Gasteiger partial charge is 0.326 e. The van der Waals surface area contributed by atoms with E-state index < -0.39 is 18.0 Å². The number of ether oxygens (including phenoxy) is 1. The molecule has 2 amide bonds. The van der Waals surface area contributed by atoms with E-state index in [1.165, 1.54) is 4.90 Å². The van der Waals surface area contributed by atoms with Gasteiger partial charge in [-0.25, -0.2) is 9.59 Å². The number of nitrogens with zero attached hydrogens (tertiary/aromatic N) is 1. The molecule has 7 heteroatoms. The van der Waals surface area contributed by atoms with Gasteiger partial charge in [0.1, 0.15) is 6.04 Å². The molecule has 1 fully saturated rings. The molecule has 2 N–H and O–H groups in total. The van der Waals surface area contributed by atoms with Gasteiger partial charge in [-0.3, -0.25) is 4.79 Å². The number of hydrogen-bond donors (Lipinski definition) is 2. The van der Waals surface area contributed by atoms with Crippen molar-refractivity contribution in [3.05, 3.63) is 0 Å². The highest BCUT2D eigenvalue weighted by Crippen LogP contribution is 2.18. The highest BCUT2D eigenvalue weighted by atomic mass is 16.5. The summed E-state index contributed by atoms with van der Waals surface area (Å²) >= 11 is 0. The molecule has 0 radical (unpaired) electrons. The molecular weight excluding hydrogens is 276 g/mol. The van der Waals surface area contributed by atoms with Crippen LogP contribution in [0, 0.1) is 5.92 Å². The highest BCUT2D eigenvalue weighted by Gasteiger charge is 2.30. The zero-order valence-corrected chi connectivity index (χ0v) is 12.6. The number of aliphatic carboxylic acids is 1. The van der Waals surface area contributed by atoms with Crippen LogP contribution in [0.2, 0.25) is 0 Å². The van der Waals surface area contributed by atoms with Crippen LogP contribution in [-0.2, 0) is 14.3 Å². The first-order valence-corrected chi connectivity index (χ1v) is 7.44. The molecule has 21 heavy (non-hydrogen) atoms. The summed E-state index contributed by atoms with van der Waals surface area (Å²) in [7, 11) is 0. The fourth-order valence-corrected chi connectivity index (χ4v) is 2.40. The van der Waals surface area contributed by atoms with Gasteiger partial charge in [-0.2, -0.15) is 0 Å². The monoisotopic (exact) mass is 300 g/mol. The Hall–Kier alpha value is -1.79. The molecule has 0 spiro atoms. The lowest BCUT2D eigenvalue weighted by Gasteiger charge is -2.32. The Balaban J connectivity index is 2.56. The number of likely N-dealkylation sites (tertiary alicyclic amines) is 1. The number of carbonyl (C=O) groups is 3. The maximum Gasteiger partial charge on any atom is 0.326 e. The third-order valence-corrected chi connectivity index (χ3v) is 3.50. The van der Waals surface area contributed by atoms with Crippen LogP contribution in [0.25, 0.3) is 0 Å². The van der Waals surface area contributed by atoms with Gasteiger partial charge in [-0.15, -0.1) is 0 Å². The molecule has 0 aromatic carbocycles. The Kier molecular flexibility index (Phi) is 6.98. The maximum absolute atomic E-state index is 12.1. The molecule has 1 heterocycles. The third-order valence-electron chi connectivity index (χ3n) is 3.50. The lowest BCUT2D eigenvalue weighted by molar-refractivity contribution is -0.149. The topological polar surface area (TPSA) is 95.9 Å². The van der Waals surface area contributed by atoms with Crippen molar-refractivity contribution in [3.8, 4) is 0 Å². The molecule has 1 aliphatic heterocycles. The van der Waals surface area contributed by atoms with Crippen molar-refractivity contribution < 1.29 is 24.2 Å². The van der Waals surface area contributed by atoms with Crippen molar-refractivity contribution in [1.29, 1.82) is 0 Å². The van der Waals surface area contributed by atoms with Gasteiger partial charge < -0.3 is 20.1 Å². The number of nitrogens with one attached hydrogen (secondary N) is 1. The van der Waals surface area contributed by atoms with E-state index in [9.17, 15) is 14.4 Å². The second-order valence-electron chi connectivity index (χ2n) is 5.17. The molecule has 0 aliphatic carbocycles. The highest BCUT2D eigenvalue weighted by molar-refractivity contribution is 5.83. The van der Waals surface area contributed by atoms with Crippen LogP contribution in [0.5, 0.6) is 0 Å². The molecule has 0 bridgehead atoms. The minimum Gasteiger partial charge on any atom is -0.480 e. The summed E-state index contributed by atoms with van der Waals surface area (Å²) in [6.45, 7) is 4.73. The predicted octanol–water partition coefficient (Wildman–Crippen LogP) is 1.22. The number of esters is 1. The fraction of sp³-hybridized carbons (Fsp3) is 0.786. The maximum atomic E-state index is 12.1. The summed E-state index contributed by atoms with van der Waals surface area (Å²) in [5.74, 6) is -1.65. The number of carbonyl (C=O) groups excluding carboxylic acids is 2. The van der Waals surface area contributed by atoms with E-state index in [2.05, 4.69) is 5.32 Å². The Morgan fingerprint density at radius 3 is 2.67 bits per heavy atom. The van der Waals surface area contributed by atoms with Gasteiger partial charge in [0.05, 0.1) is 12.5 Å². The van der Waals surface area contributed by atoms with Gasteiger partial charge in [0.15, 0.2) is 0 Å². The second kappa shape index (κ2) is 8.49. The summed E-state index contributed by atoms with van der Waals surface area (Å²) in [5.41, 5.74) is 0. The molecule has 2 atom stereocenters.